The number of nitrogens with two attached hydrogens (primary N) is 1. The van der Waals surface area contributed by atoms with Gasteiger partial charge >= 0.3 is 0 Å². The highest BCUT2D eigenvalue weighted by Crippen LogP contribution is 2.29. The molecule has 1 aromatic rings. The van der Waals surface area contributed by atoms with Gasteiger partial charge in [-0.15, -0.1) is 0 Å². The molecule has 60 valence electrons. The number of hydrogen-bond acceptors (Lipinski definition) is 2. The highest BCUT2D eigenvalue weighted by molar-refractivity contribution is 5.42. The average molecular weight is 158 g/mol. The molecule has 1 aromatic carbocycles. The molecule has 0 saturated heterocycles. The minimum Gasteiger partial charge on any atom is -0.324 e. The molecule has 0 heterocycles. The smallest absolute Gasteiger partial charge is 0.0991 e. The molecule has 0 saturated carbocycles. The van der Waals surface area contributed by atoms with Crippen molar-refractivity contribution in [1.82, 2.24) is 0 Å². The minimum atomic E-state index is 0.147. The molecule has 1 aliphatic carbocycles. The van der Waals surface area contributed by atoms with Gasteiger partial charge in [0.05, 0.1) is 11.6 Å². The first-order chi connectivity index (χ1) is 5.81. The summed E-state index contributed by atoms with van der Waals surface area (Å²) in [6.07, 6.45) is 2.08. The molecule has 0 aromatic heterocycles. The molecule has 0 amide bonds. The monoisotopic (exact) mass is 158 g/mol. The summed E-state index contributed by atoms with van der Waals surface area (Å²) in [7, 11) is 0. The molecular weight excluding hydrogens is 148 g/mol. The number of nitriles is 1. The zero-order valence-corrected chi connectivity index (χ0v) is 6.75. The Hall–Kier alpha value is -1.33. The van der Waals surface area contributed by atoms with E-state index in [1.165, 1.54) is 5.56 Å². The summed E-state index contributed by atoms with van der Waals surface area (Å²) in [6.45, 7) is 0. The van der Waals surface area contributed by atoms with Gasteiger partial charge in [-0.25, -0.2) is 0 Å². The van der Waals surface area contributed by atoms with E-state index in [2.05, 4.69) is 6.07 Å². The molecule has 1 aliphatic rings. The van der Waals surface area contributed by atoms with E-state index in [9.17, 15) is 0 Å². The van der Waals surface area contributed by atoms with Crippen molar-refractivity contribution in [2.75, 3.05) is 0 Å². The molecule has 1 atom stereocenters. The number of hydrogen-bond donors (Lipinski definition) is 1. The predicted octanol–water partition coefficient (Wildman–Crippen LogP) is 1.50. The minimum absolute atomic E-state index is 0.147. The molecule has 0 radical (unpaired) electrons. The normalized spacial score (nSPS) is 20.2. The maximum atomic E-state index is 8.66. The Balaban J connectivity index is 2.52. The summed E-state index contributed by atoms with van der Waals surface area (Å²) in [5.74, 6) is 0. The van der Waals surface area contributed by atoms with Crippen molar-refractivity contribution in [3.8, 4) is 6.07 Å². The summed E-state index contributed by atoms with van der Waals surface area (Å²) in [5, 5.41) is 8.66. The summed E-state index contributed by atoms with van der Waals surface area (Å²) >= 11 is 0. The van der Waals surface area contributed by atoms with Crippen molar-refractivity contribution < 1.29 is 0 Å². The average Bonchev–Trinajstić information content (AvgIpc) is 2.47. The van der Waals surface area contributed by atoms with Gasteiger partial charge in [-0.05, 0) is 36.1 Å². The van der Waals surface area contributed by atoms with Crippen molar-refractivity contribution in [1.29, 1.82) is 5.26 Å². The van der Waals surface area contributed by atoms with Crippen LogP contribution in [0.1, 0.15) is 29.2 Å². The van der Waals surface area contributed by atoms with Crippen molar-refractivity contribution >= 4 is 0 Å². The van der Waals surface area contributed by atoms with Crippen LogP contribution >= 0.6 is 0 Å². The Kier molecular flexibility index (Phi) is 1.60. The first-order valence-electron chi connectivity index (χ1n) is 4.10. The maximum Gasteiger partial charge on any atom is 0.0991 e. The molecule has 2 rings (SSSR count). The van der Waals surface area contributed by atoms with Gasteiger partial charge < -0.3 is 5.73 Å². The Morgan fingerprint density at radius 2 is 2.33 bits per heavy atom. The van der Waals surface area contributed by atoms with E-state index >= 15 is 0 Å². The van der Waals surface area contributed by atoms with E-state index in [1.807, 2.05) is 18.2 Å². The van der Waals surface area contributed by atoms with Gasteiger partial charge in [-0.2, -0.15) is 5.26 Å². The third-order valence-electron chi connectivity index (χ3n) is 2.40. The molecule has 2 nitrogen and oxygen atoms in total. The molecule has 0 spiro atoms. The van der Waals surface area contributed by atoms with Gasteiger partial charge in [0.2, 0.25) is 0 Å². The van der Waals surface area contributed by atoms with Crippen LogP contribution in [0.3, 0.4) is 0 Å². The van der Waals surface area contributed by atoms with Gasteiger partial charge in [0.15, 0.2) is 0 Å². The fourth-order valence-corrected chi connectivity index (χ4v) is 1.70. The third-order valence-corrected chi connectivity index (χ3v) is 2.40. The Bertz CT molecular complexity index is 349. The van der Waals surface area contributed by atoms with Crippen molar-refractivity contribution in [2.24, 2.45) is 5.73 Å². The number of nitrogens with zero attached hydrogens (tertiary/aromatic N) is 1. The SMILES string of the molecule is N#Cc1ccc2c(c1)[C@@H](N)CC2. The lowest BCUT2D eigenvalue weighted by Gasteiger charge is -2.03. The molecular formula is C10H10N2. The number of rotatable bonds is 0. The number of benzene rings is 1. The summed E-state index contributed by atoms with van der Waals surface area (Å²) in [6, 6.07) is 8.05. The summed E-state index contributed by atoms with van der Waals surface area (Å²) in [5.41, 5.74) is 9.04. The second kappa shape index (κ2) is 2.62. The van der Waals surface area contributed by atoms with Gasteiger partial charge in [-0.1, -0.05) is 6.07 Å². The van der Waals surface area contributed by atoms with Crippen molar-refractivity contribution in [3.05, 3.63) is 34.9 Å². The van der Waals surface area contributed by atoms with Crippen LogP contribution in [0.25, 0.3) is 0 Å². The third kappa shape index (κ3) is 0.992. The van der Waals surface area contributed by atoms with Crippen LogP contribution in [-0.4, -0.2) is 0 Å². The number of fused-ring (bicyclic) bond motifs is 1. The van der Waals surface area contributed by atoms with E-state index in [-0.39, 0.29) is 6.04 Å². The number of aryl methyl sites for hydroxylation is 1. The van der Waals surface area contributed by atoms with E-state index in [0.717, 1.165) is 18.4 Å². The van der Waals surface area contributed by atoms with Gasteiger partial charge in [0, 0.05) is 6.04 Å². The van der Waals surface area contributed by atoms with E-state index < -0.39 is 0 Å². The zero-order chi connectivity index (χ0) is 8.55. The van der Waals surface area contributed by atoms with Crippen LogP contribution in [0.2, 0.25) is 0 Å². The topological polar surface area (TPSA) is 49.8 Å². The van der Waals surface area contributed by atoms with Gasteiger partial charge in [0.1, 0.15) is 0 Å². The molecule has 0 fully saturated rings. The fraction of sp³-hybridized carbons (Fsp3) is 0.300. The van der Waals surface area contributed by atoms with Crippen LogP contribution < -0.4 is 5.73 Å². The molecule has 2 heteroatoms. The molecule has 2 N–H and O–H groups in total. The predicted molar refractivity (Wildman–Crippen MR) is 46.4 cm³/mol. The first kappa shape index (κ1) is 7.33. The van der Waals surface area contributed by atoms with Gasteiger partial charge in [-0.3, -0.25) is 0 Å². The lowest BCUT2D eigenvalue weighted by molar-refractivity contribution is 0.713. The maximum absolute atomic E-state index is 8.66. The standard InChI is InChI=1S/C10H10N2/c11-6-7-1-2-8-3-4-10(12)9(8)5-7/h1-2,5,10H,3-4,12H2/t10-/m0/s1. The van der Waals surface area contributed by atoms with Crippen LogP contribution in [0.4, 0.5) is 0 Å². The van der Waals surface area contributed by atoms with Crippen LogP contribution in [-0.2, 0) is 6.42 Å². The Morgan fingerprint density at radius 1 is 1.50 bits per heavy atom. The second-order valence-electron chi connectivity index (χ2n) is 3.17. The quantitative estimate of drug-likeness (QED) is 0.622. The molecule has 0 aliphatic heterocycles. The van der Waals surface area contributed by atoms with Crippen LogP contribution in [0.15, 0.2) is 18.2 Å². The summed E-state index contributed by atoms with van der Waals surface area (Å²) < 4.78 is 0. The van der Waals surface area contributed by atoms with Gasteiger partial charge in [0.25, 0.3) is 0 Å². The second-order valence-corrected chi connectivity index (χ2v) is 3.17. The molecule has 12 heavy (non-hydrogen) atoms. The van der Waals surface area contributed by atoms with E-state index in [0.29, 0.717) is 5.56 Å². The lowest BCUT2D eigenvalue weighted by atomic mass is 10.1. The van der Waals surface area contributed by atoms with Crippen molar-refractivity contribution in [3.63, 3.8) is 0 Å². The van der Waals surface area contributed by atoms with Crippen LogP contribution in [0, 0.1) is 11.3 Å². The Morgan fingerprint density at radius 3 is 3.08 bits per heavy atom. The highest BCUT2D eigenvalue weighted by atomic mass is 14.6. The van der Waals surface area contributed by atoms with E-state index in [4.69, 9.17) is 11.0 Å². The summed E-state index contributed by atoms with van der Waals surface area (Å²) in [4.78, 5) is 0. The van der Waals surface area contributed by atoms with E-state index in [1.54, 1.807) is 0 Å². The first-order valence-corrected chi connectivity index (χ1v) is 4.10. The van der Waals surface area contributed by atoms with Crippen molar-refractivity contribution in [2.45, 2.75) is 18.9 Å². The molecule has 0 unspecified atom stereocenters. The van der Waals surface area contributed by atoms with Crippen LogP contribution in [0.5, 0.6) is 0 Å². The fourth-order valence-electron chi connectivity index (χ4n) is 1.70. The Labute approximate surface area is 71.6 Å². The lowest BCUT2D eigenvalue weighted by Crippen LogP contribution is -2.05. The molecule has 0 bridgehead atoms. The highest BCUT2D eigenvalue weighted by Gasteiger charge is 2.18. The zero-order valence-electron chi connectivity index (χ0n) is 6.75. The largest absolute Gasteiger partial charge is 0.324 e.